The lowest BCUT2D eigenvalue weighted by Crippen LogP contribution is -2.29. The van der Waals surface area contributed by atoms with Crippen molar-refractivity contribution in [1.82, 2.24) is 9.80 Å². The maximum Gasteiger partial charge on any atom is 0.162 e. The fourth-order valence-corrected chi connectivity index (χ4v) is 2.84. The summed E-state index contributed by atoms with van der Waals surface area (Å²) in [4.78, 5) is 13.7. The van der Waals surface area contributed by atoms with E-state index in [1.54, 1.807) is 14.2 Å². The fraction of sp³-hybridized carbons (Fsp3) is 0.529. The molecule has 124 valence electrons. The molecule has 23 heavy (non-hydrogen) atoms. The zero-order chi connectivity index (χ0) is 16.2. The molecule has 0 aromatic heterocycles. The SMILES string of the molecule is C=Nc1cc(OC)c(OC)cc1C(=NCN1CC1)N1CCCC1. The molecule has 1 aromatic carbocycles. The van der Waals surface area contributed by atoms with Gasteiger partial charge in [0.05, 0.1) is 26.6 Å². The first-order valence-corrected chi connectivity index (χ1v) is 8.01. The lowest BCUT2D eigenvalue weighted by Gasteiger charge is -2.22. The Balaban J connectivity index is 2.02. The third kappa shape index (κ3) is 3.47. The van der Waals surface area contributed by atoms with E-state index in [1.807, 2.05) is 12.1 Å². The molecule has 0 atom stereocenters. The first kappa shape index (κ1) is 15.8. The van der Waals surface area contributed by atoms with Gasteiger partial charge in [0.2, 0.25) is 0 Å². The molecule has 2 aliphatic rings. The predicted octanol–water partition coefficient (Wildman–Crippen LogP) is 2.15. The van der Waals surface area contributed by atoms with Crippen LogP contribution < -0.4 is 9.47 Å². The van der Waals surface area contributed by atoms with Crippen molar-refractivity contribution < 1.29 is 9.47 Å². The number of likely N-dealkylation sites (tertiary alicyclic amines) is 1. The van der Waals surface area contributed by atoms with Crippen LogP contribution in [0.4, 0.5) is 5.69 Å². The highest BCUT2D eigenvalue weighted by Gasteiger charge is 2.24. The van der Waals surface area contributed by atoms with Crippen LogP contribution in [0.25, 0.3) is 0 Å². The molecule has 6 nitrogen and oxygen atoms in total. The molecule has 2 fully saturated rings. The molecule has 3 rings (SSSR count). The molecule has 0 radical (unpaired) electrons. The molecule has 1 aromatic rings. The zero-order valence-electron chi connectivity index (χ0n) is 13.9. The first-order valence-electron chi connectivity index (χ1n) is 8.01. The minimum atomic E-state index is 0.658. The average Bonchev–Trinajstić information content (AvgIpc) is 3.26. The summed E-state index contributed by atoms with van der Waals surface area (Å²) in [5, 5.41) is 0. The largest absolute Gasteiger partial charge is 0.493 e. The third-order valence-electron chi connectivity index (χ3n) is 4.28. The monoisotopic (exact) mass is 316 g/mol. The number of aliphatic imine (C=N–C) groups is 2. The Morgan fingerprint density at radius 3 is 2.30 bits per heavy atom. The van der Waals surface area contributed by atoms with Crippen molar-refractivity contribution in [3.63, 3.8) is 0 Å². The zero-order valence-corrected chi connectivity index (χ0v) is 13.9. The quantitative estimate of drug-likeness (QED) is 0.458. The van der Waals surface area contributed by atoms with Gasteiger partial charge in [-0.2, -0.15) is 0 Å². The minimum absolute atomic E-state index is 0.658. The second-order valence-corrected chi connectivity index (χ2v) is 5.82. The van der Waals surface area contributed by atoms with E-state index in [0.29, 0.717) is 11.5 Å². The van der Waals surface area contributed by atoms with Gasteiger partial charge in [0, 0.05) is 37.8 Å². The molecule has 0 amide bonds. The number of ether oxygens (including phenoxy) is 2. The van der Waals surface area contributed by atoms with E-state index < -0.39 is 0 Å². The number of hydrogen-bond donors (Lipinski definition) is 0. The lowest BCUT2D eigenvalue weighted by atomic mass is 10.1. The molecule has 0 saturated carbocycles. The van der Waals surface area contributed by atoms with Gasteiger partial charge in [-0.05, 0) is 25.6 Å². The number of nitrogens with zero attached hydrogens (tertiary/aromatic N) is 4. The van der Waals surface area contributed by atoms with Crippen LogP contribution in [0.3, 0.4) is 0 Å². The van der Waals surface area contributed by atoms with Crippen LogP contribution in [0, 0.1) is 0 Å². The molecule has 0 bridgehead atoms. The van der Waals surface area contributed by atoms with E-state index in [0.717, 1.165) is 49.9 Å². The fourth-order valence-electron chi connectivity index (χ4n) is 2.84. The topological polar surface area (TPSA) is 49.4 Å². The standard InChI is InChI=1S/C17H24N4O2/c1-18-14-11-16(23-3)15(22-2)10-13(14)17(19-12-20-8-9-20)21-6-4-5-7-21/h10-11H,1,4-9,12H2,2-3H3. The normalized spacial score (nSPS) is 18.2. The molecule has 2 heterocycles. The minimum Gasteiger partial charge on any atom is -0.493 e. The van der Waals surface area contributed by atoms with Crippen molar-refractivity contribution in [2.24, 2.45) is 9.98 Å². The second kappa shape index (κ2) is 7.00. The lowest BCUT2D eigenvalue weighted by molar-refractivity contribution is 0.355. The molecule has 2 aliphatic heterocycles. The van der Waals surface area contributed by atoms with Gasteiger partial charge in [-0.3, -0.25) is 14.9 Å². The van der Waals surface area contributed by atoms with Crippen LogP contribution in [0.1, 0.15) is 18.4 Å². The van der Waals surface area contributed by atoms with Crippen molar-refractivity contribution in [2.45, 2.75) is 12.8 Å². The van der Waals surface area contributed by atoms with E-state index in [4.69, 9.17) is 14.5 Å². The molecule has 2 saturated heterocycles. The summed E-state index contributed by atoms with van der Waals surface area (Å²) in [6.45, 7) is 8.77. The Bertz CT molecular complexity index is 605. The van der Waals surface area contributed by atoms with Crippen molar-refractivity contribution in [2.75, 3.05) is 47.1 Å². The highest BCUT2D eigenvalue weighted by atomic mass is 16.5. The summed E-state index contributed by atoms with van der Waals surface area (Å²) >= 11 is 0. The molecule has 0 N–H and O–H groups in total. The van der Waals surface area contributed by atoms with Crippen molar-refractivity contribution in [1.29, 1.82) is 0 Å². The Hall–Kier alpha value is -2.08. The average molecular weight is 316 g/mol. The summed E-state index contributed by atoms with van der Waals surface area (Å²) in [6.07, 6.45) is 2.40. The molecule has 0 unspecified atom stereocenters. The van der Waals surface area contributed by atoms with E-state index in [1.165, 1.54) is 12.8 Å². The number of benzene rings is 1. The van der Waals surface area contributed by atoms with Gasteiger partial charge in [0.25, 0.3) is 0 Å². The Kier molecular flexibility index (Phi) is 4.81. The van der Waals surface area contributed by atoms with E-state index in [2.05, 4.69) is 21.5 Å². The first-order chi connectivity index (χ1) is 11.3. The van der Waals surface area contributed by atoms with Gasteiger partial charge in [-0.25, -0.2) is 0 Å². The van der Waals surface area contributed by atoms with Crippen LogP contribution in [-0.4, -0.2) is 69.4 Å². The van der Waals surface area contributed by atoms with Gasteiger partial charge in [0.15, 0.2) is 11.5 Å². The van der Waals surface area contributed by atoms with Gasteiger partial charge in [0.1, 0.15) is 5.84 Å². The third-order valence-corrected chi connectivity index (χ3v) is 4.28. The maximum atomic E-state index is 5.46. The van der Waals surface area contributed by atoms with Crippen LogP contribution in [-0.2, 0) is 0 Å². The number of rotatable bonds is 6. The Morgan fingerprint density at radius 2 is 1.74 bits per heavy atom. The maximum absolute atomic E-state index is 5.46. The van der Waals surface area contributed by atoms with Crippen LogP contribution in [0.5, 0.6) is 11.5 Å². The molecule has 6 heteroatoms. The van der Waals surface area contributed by atoms with Gasteiger partial charge < -0.3 is 14.4 Å². The van der Waals surface area contributed by atoms with Gasteiger partial charge in [-0.1, -0.05) is 0 Å². The van der Waals surface area contributed by atoms with E-state index in [9.17, 15) is 0 Å². The molecule has 0 aliphatic carbocycles. The van der Waals surface area contributed by atoms with E-state index >= 15 is 0 Å². The summed E-state index contributed by atoms with van der Waals surface area (Å²) in [5.74, 6) is 2.33. The summed E-state index contributed by atoms with van der Waals surface area (Å²) < 4.78 is 10.8. The molecular weight excluding hydrogens is 292 g/mol. The number of hydrogen-bond acceptors (Lipinski definition) is 5. The van der Waals surface area contributed by atoms with Crippen molar-refractivity contribution >= 4 is 18.2 Å². The van der Waals surface area contributed by atoms with Crippen LogP contribution in [0.15, 0.2) is 22.1 Å². The van der Waals surface area contributed by atoms with Crippen molar-refractivity contribution in [3.05, 3.63) is 17.7 Å². The summed E-state index contributed by atoms with van der Waals surface area (Å²) in [5.41, 5.74) is 1.74. The highest BCUT2D eigenvalue weighted by Crippen LogP contribution is 2.36. The van der Waals surface area contributed by atoms with Crippen LogP contribution >= 0.6 is 0 Å². The van der Waals surface area contributed by atoms with Crippen molar-refractivity contribution in [3.8, 4) is 11.5 Å². The van der Waals surface area contributed by atoms with Gasteiger partial charge >= 0.3 is 0 Å². The Morgan fingerprint density at radius 1 is 1.09 bits per heavy atom. The number of amidine groups is 1. The summed E-state index contributed by atoms with van der Waals surface area (Å²) in [6, 6.07) is 3.83. The Labute approximate surface area is 137 Å². The molecular formula is C17H24N4O2. The van der Waals surface area contributed by atoms with E-state index in [-0.39, 0.29) is 0 Å². The second-order valence-electron chi connectivity index (χ2n) is 5.82. The van der Waals surface area contributed by atoms with Crippen LogP contribution in [0.2, 0.25) is 0 Å². The predicted molar refractivity (Wildman–Crippen MR) is 92.5 cm³/mol. The summed E-state index contributed by atoms with van der Waals surface area (Å²) in [7, 11) is 3.27. The smallest absolute Gasteiger partial charge is 0.162 e. The number of methoxy groups -OCH3 is 2. The molecule has 0 spiro atoms. The highest BCUT2D eigenvalue weighted by molar-refractivity contribution is 6.04. The van der Waals surface area contributed by atoms with Gasteiger partial charge in [-0.15, -0.1) is 0 Å².